The molecule has 3 rings (SSSR count). The molecule has 7 heteroatoms. The molecule has 2 aromatic rings. The van der Waals surface area contributed by atoms with Gasteiger partial charge in [0.15, 0.2) is 0 Å². The molecule has 0 spiro atoms. The van der Waals surface area contributed by atoms with E-state index >= 15 is 0 Å². The number of nitrogens with zero attached hydrogens (tertiary/aromatic N) is 2. The Bertz CT molecular complexity index is 781. The minimum absolute atomic E-state index is 0.344. The summed E-state index contributed by atoms with van der Waals surface area (Å²) in [7, 11) is -3.38. The van der Waals surface area contributed by atoms with E-state index in [9.17, 15) is 4.57 Å². The Hall–Kier alpha value is -1.45. The summed E-state index contributed by atoms with van der Waals surface area (Å²) >= 11 is 11.9. The highest BCUT2D eigenvalue weighted by Gasteiger charge is 2.42. The van der Waals surface area contributed by atoms with Crippen molar-refractivity contribution in [2.75, 3.05) is 36.1 Å². The lowest BCUT2D eigenvalue weighted by atomic mass is 10.2. The van der Waals surface area contributed by atoms with Crippen molar-refractivity contribution in [2.45, 2.75) is 0 Å². The topological polar surface area (TPSA) is 32.8 Å². The van der Waals surface area contributed by atoms with Crippen LogP contribution in [0.4, 0.5) is 5.69 Å². The van der Waals surface area contributed by atoms with Crippen LogP contribution in [-0.2, 0) is 9.09 Å². The van der Waals surface area contributed by atoms with Crippen molar-refractivity contribution >= 4 is 42.3 Å². The highest BCUT2D eigenvalue weighted by Crippen LogP contribution is 2.60. The highest BCUT2D eigenvalue weighted by atomic mass is 35.5. The SMILES string of the molecule is O=[P@@]1(N(CCCl)CCCl)OC(c2ccccc2)=CCN1c1ccccc1. The molecule has 1 aliphatic heterocycles. The third-order valence-electron chi connectivity index (χ3n) is 4.13. The Morgan fingerprint density at radius 3 is 2.12 bits per heavy atom. The second kappa shape index (κ2) is 8.96. The second-order valence-electron chi connectivity index (χ2n) is 5.77. The Morgan fingerprint density at radius 2 is 1.54 bits per heavy atom. The first-order valence-corrected chi connectivity index (χ1v) is 11.0. The van der Waals surface area contributed by atoms with Gasteiger partial charge in [0.25, 0.3) is 0 Å². The number of anilines is 1. The van der Waals surface area contributed by atoms with E-state index in [1.165, 1.54) is 0 Å². The molecule has 0 fully saturated rings. The van der Waals surface area contributed by atoms with Crippen LogP contribution in [0.2, 0.25) is 0 Å². The zero-order valence-electron chi connectivity index (χ0n) is 14.3. The highest BCUT2D eigenvalue weighted by molar-refractivity contribution is 7.58. The van der Waals surface area contributed by atoms with Crippen LogP contribution in [0.1, 0.15) is 5.56 Å². The number of hydrogen-bond acceptors (Lipinski definition) is 2. The summed E-state index contributed by atoms with van der Waals surface area (Å²) in [6.07, 6.45) is 1.96. The number of alkyl halides is 2. The van der Waals surface area contributed by atoms with Crippen LogP contribution in [0.3, 0.4) is 0 Å². The van der Waals surface area contributed by atoms with Crippen molar-refractivity contribution in [3.63, 3.8) is 0 Å². The maximum Gasteiger partial charge on any atom is 0.422 e. The number of benzene rings is 2. The average Bonchev–Trinajstić information content (AvgIpc) is 2.69. The van der Waals surface area contributed by atoms with Crippen LogP contribution in [0.15, 0.2) is 66.7 Å². The number of para-hydroxylation sites is 1. The zero-order chi connectivity index (χ0) is 18.4. The second-order valence-corrected chi connectivity index (χ2v) is 8.73. The van der Waals surface area contributed by atoms with E-state index in [1.54, 1.807) is 9.34 Å². The van der Waals surface area contributed by atoms with Crippen LogP contribution in [0.5, 0.6) is 0 Å². The van der Waals surface area contributed by atoms with Crippen molar-refractivity contribution in [3.05, 3.63) is 72.3 Å². The van der Waals surface area contributed by atoms with Gasteiger partial charge in [0.05, 0.1) is 6.54 Å². The number of hydrogen-bond donors (Lipinski definition) is 0. The molecular weight excluding hydrogens is 390 g/mol. The first-order chi connectivity index (χ1) is 12.7. The van der Waals surface area contributed by atoms with Crippen LogP contribution in [0, 0.1) is 0 Å². The largest absolute Gasteiger partial charge is 0.422 e. The monoisotopic (exact) mass is 410 g/mol. The summed E-state index contributed by atoms with van der Waals surface area (Å²) in [6.45, 7) is 1.33. The maximum atomic E-state index is 14.1. The molecule has 1 atom stereocenters. The standard InChI is InChI=1S/C19H21Cl2N2O2P/c20-12-15-22(16-13-21)26(24)23(18-9-5-2-6-10-18)14-11-19(25-26)17-7-3-1-4-8-17/h1-11H,12-16H2/t26-/m0/s1. The first-order valence-electron chi connectivity index (χ1n) is 8.44. The molecule has 4 nitrogen and oxygen atoms in total. The van der Waals surface area contributed by atoms with E-state index < -0.39 is 7.67 Å². The number of halogens is 2. The molecular formula is C19H21Cl2N2O2P. The van der Waals surface area contributed by atoms with Crippen LogP contribution >= 0.6 is 30.9 Å². The quantitative estimate of drug-likeness (QED) is 0.448. The summed E-state index contributed by atoms with van der Waals surface area (Å²) in [5.74, 6) is 1.31. The van der Waals surface area contributed by atoms with Gasteiger partial charge in [-0.3, -0.25) is 4.67 Å². The molecule has 0 radical (unpaired) electrons. The molecule has 0 unspecified atom stereocenters. The first kappa shape index (κ1) is 19.3. The van der Waals surface area contributed by atoms with E-state index in [2.05, 4.69) is 0 Å². The molecule has 1 heterocycles. The molecule has 26 heavy (non-hydrogen) atoms. The van der Waals surface area contributed by atoms with Crippen LogP contribution in [-0.4, -0.2) is 36.1 Å². The van der Waals surface area contributed by atoms with Crippen molar-refractivity contribution < 1.29 is 9.09 Å². The molecule has 0 aliphatic carbocycles. The van der Waals surface area contributed by atoms with E-state index in [1.807, 2.05) is 66.7 Å². The van der Waals surface area contributed by atoms with Gasteiger partial charge in [-0.15, -0.1) is 23.2 Å². The van der Waals surface area contributed by atoms with Gasteiger partial charge in [0.1, 0.15) is 5.76 Å². The van der Waals surface area contributed by atoms with Crippen molar-refractivity contribution in [2.24, 2.45) is 0 Å². The van der Waals surface area contributed by atoms with Gasteiger partial charge in [-0.2, -0.15) is 0 Å². The van der Waals surface area contributed by atoms with Crippen molar-refractivity contribution in [1.82, 2.24) is 4.67 Å². The van der Waals surface area contributed by atoms with Gasteiger partial charge in [-0.25, -0.2) is 9.24 Å². The molecule has 0 bridgehead atoms. The normalized spacial score (nSPS) is 20.0. The van der Waals surface area contributed by atoms with Gasteiger partial charge in [-0.1, -0.05) is 48.5 Å². The summed E-state index contributed by atoms with van der Waals surface area (Å²) in [5, 5.41) is 0. The molecule has 0 aromatic heterocycles. The number of rotatable bonds is 7. The Labute approximate surface area is 164 Å². The molecule has 1 aliphatic rings. The van der Waals surface area contributed by atoms with Crippen molar-refractivity contribution in [3.8, 4) is 0 Å². The van der Waals surface area contributed by atoms with Crippen molar-refractivity contribution in [1.29, 1.82) is 0 Å². The molecule has 0 saturated heterocycles. The predicted molar refractivity (Wildman–Crippen MR) is 110 cm³/mol. The molecule has 138 valence electrons. The summed E-state index contributed by atoms with van der Waals surface area (Å²) in [5.41, 5.74) is 1.74. The third kappa shape index (κ3) is 4.10. The molecule has 0 amide bonds. The Kier molecular flexibility index (Phi) is 6.66. The van der Waals surface area contributed by atoms with Crippen LogP contribution < -0.4 is 4.67 Å². The lowest BCUT2D eigenvalue weighted by Crippen LogP contribution is -2.37. The average molecular weight is 411 g/mol. The fourth-order valence-corrected chi connectivity index (χ4v) is 5.90. The predicted octanol–water partition coefficient (Wildman–Crippen LogP) is 5.45. The van der Waals surface area contributed by atoms with E-state index in [4.69, 9.17) is 27.7 Å². The zero-order valence-corrected chi connectivity index (χ0v) is 16.7. The van der Waals surface area contributed by atoms with Crippen LogP contribution in [0.25, 0.3) is 5.76 Å². The fraction of sp³-hybridized carbons (Fsp3) is 0.263. The minimum Gasteiger partial charge on any atom is -0.417 e. The smallest absolute Gasteiger partial charge is 0.417 e. The van der Waals surface area contributed by atoms with Gasteiger partial charge >= 0.3 is 7.67 Å². The third-order valence-corrected chi connectivity index (χ3v) is 7.02. The van der Waals surface area contributed by atoms with Gasteiger partial charge in [0, 0.05) is 36.1 Å². The molecule has 0 N–H and O–H groups in total. The van der Waals surface area contributed by atoms with E-state index in [-0.39, 0.29) is 0 Å². The van der Waals surface area contributed by atoms with Gasteiger partial charge in [0.2, 0.25) is 0 Å². The summed E-state index contributed by atoms with van der Waals surface area (Å²) in [4.78, 5) is 0. The lowest BCUT2D eigenvalue weighted by Gasteiger charge is -2.41. The molecule has 0 saturated carbocycles. The Balaban J connectivity index is 2.02. The molecule has 2 aromatic carbocycles. The maximum absolute atomic E-state index is 14.1. The van der Waals surface area contributed by atoms with E-state index in [0.717, 1.165) is 11.3 Å². The minimum atomic E-state index is -3.38. The lowest BCUT2D eigenvalue weighted by molar-refractivity contribution is 0.350. The van der Waals surface area contributed by atoms with Gasteiger partial charge < -0.3 is 4.52 Å². The summed E-state index contributed by atoms with van der Waals surface area (Å²) < 4.78 is 23.8. The Morgan fingerprint density at radius 1 is 0.962 bits per heavy atom. The van der Waals surface area contributed by atoms with E-state index in [0.29, 0.717) is 37.2 Å². The fourth-order valence-electron chi connectivity index (χ4n) is 2.88. The van der Waals surface area contributed by atoms with Gasteiger partial charge in [-0.05, 0) is 18.2 Å². The summed E-state index contributed by atoms with van der Waals surface area (Å²) in [6, 6.07) is 19.3.